The third kappa shape index (κ3) is 4.38. The maximum Gasteiger partial charge on any atom is 0.257 e. The van der Waals surface area contributed by atoms with Gasteiger partial charge in [0.05, 0.1) is 16.0 Å². The summed E-state index contributed by atoms with van der Waals surface area (Å²) in [5.41, 5.74) is 3.56. The van der Waals surface area contributed by atoms with Crippen molar-refractivity contribution in [3.63, 3.8) is 0 Å². The number of anilines is 1. The molecule has 1 amide bonds. The van der Waals surface area contributed by atoms with Crippen molar-refractivity contribution < 1.29 is 9.21 Å². The normalized spacial score (nSPS) is 11.0. The standard InChI is InChI=1S/C24H17N3O2S2/c28-20(26-23-25-18-13-7-8-14-19(18)31-23)15-30-24-27-21(16-9-3-1-4-10-16)22(29-24)17-11-5-2-6-12-17/h1-14H,15H2,(H,25,26,28). The fraction of sp³-hybridized carbons (Fsp3) is 0.0417. The number of amides is 1. The molecule has 0 aliphatic carbocycles. The zero-order valence-corrected chi connectivity index (χ0v) is 18.0. The van der Waals surface area contributed by atoms with Crippen LogP contribution in [0.25, 0.3) is 32.8 Å². The molecular weight excluding hydrogens is 426 g/mol. The molecule has 2 aromatic heterocycles. The highest BCUT2D eigenvalue weighted by molar-refractivity contribution is 7.99. The molecule has 7 heteroatoms. The van der Waals surface area contributed by atoms with Gasteiger partial charge in [-0.2, -0.15) is 0 Å². The zero-order chi connectivity index (χ0) is 21.0. The molecule has 5 rings (SSSR count). The Morgan fingerprint density at radius 1 is 0.871 bits per heavy atom. The van der Waals surface area contributed by atoms with Gasteiger partial charge in [-0.1, -0.05) is 95.9 Å². The third-order valence-electron chi connectivity index (χ3n) is 4.56. The van der Waals surface area contributed by atoms with E-state index in [0.717, 1.165) is 27.0 Å². The molecule has 0 bridgehead atoms. The number of oxazole rings is 1. The van der Waals surface area contributed by atoms with E-state index < -0.39 is 0 Å². The number of thioether (sulfide) groups is 1. The number of benzene rings is 3. The first kappa shape index (κ1) is 19.5. The van der Waals surface area contributed by atoms with Crippen LogP contribution in [0.15, 0.2) is 94.6 Å². The monoisotopic (exact) mass is 443 g/mol. The molecule has 152 valence electrons. The van der Waals surface area contributed by atoms with Gasteiger partial charge in [-0.3, -0.25) is 4.79 Å². The molecule has 0 saturated heterocycles. The predicted octanol–water partition coefficient (Wildman–Crippen LogP) is 6.35. The van der Waals surface area contributed by atoms with Gasteiger partial charge >= 0.3 is 0 Å². The Balaban J connectivity index is 1.34. The molecule has 0 spiro atoms. The van der Waals surface area contributed by atoms with E-state index in [1.165, 1.54) is 23.1 Å². The van der Waals surface area contributed by atoms with Crippen LogP contribution in [-0.4, -0.2) is 21.6 Å². The van der Waals surface area contributed by atoms with Crippen LogP contribution in [0, 0.1) is 0 Å². The second-order valence-corrected chi connectivity index (χ2v) is 8.67. The van der Waals surface area contributed by atoms with Gasteiger partial charge in [0.25, 0.3) is 5.22 Å². The summed E-state index contributed by atoms with van der Waals surface area (Å²) in [6.07, 6.45) is 0. The lowest BCUT2D eigenvalue weighted by molar-refractivity contribution is -0.113. The quantitative estimate of drug-likeness (QED) is 0.310. The molecular formula is C24H17N3O2S2. The Bertz CT molecular complexity index is 1240. The van der Waals surface area contributed by atoms with Crippen LogP contribution < -0.4 is 5.32 Å². The lowest BCUT2D eigenvalue weighted by Gasteiger charge is -2.00. The summed E-state index contributed by atoms with van der Waals surface area (Å²) < 4.78 is 7.10. The number of carbonyl (C=O) groups excluding carboxylic acids is 1. The SMILES string of the molecule is O=C(CSc1nc(-c2ccccc2)c(-c2ccccc2)o1)Nc1nc2ccccc2s1. The number of nitrogens with one attached hydrogen (secondary N) is 1. The van der Waals surface area contributed by atoms with Crippen molar-refractivity contribution in [1.29, 1.82) is 0 Å². The largest absolute Gasteiger partial charge is 0.431 e. The van der Waals surface area contributed by atoms with E-state index in [1.54, 1.807) is 0 Å². The highest BCUT2D eigenvalue weighted by atomic mass is 32.2. The second kappa shape index (κ2) is 8.75. The van der Waals surface area contributed by atoms with Crippen LogP contribution in [0.2, 0.25) is 0 Å². The van der Waals surface area contributed by atoms with Crippen molar-refractivity contribution in [2.24, 2.45) is 0 Å². The van der Waals surface area contributed by atoms with Crippen LogP contribution in [0.1, 0.15) is 0 Å². The maximum atomic E-state index is 12.5. The van der Waals surface area contributed by atoms with E-state index in [-0.39, 0.29) is 11.7 Å². The van der Waals surface area contributed by atoms with Crippen molar-refractivity contribution in [2.75, 3.05) is 11.1 Å². The van der Waals surface area contributed by atoms with Crippen molar-refractivity contribution >= 4 is 44.4 Å². The van der Waals surface area contributed by atoms with Gasteiger partial charge in [-0.05, 0) is 12.1 Å². The number of carbonyl (C=O) groups is 1. The summed E-state index contributed by atoms with van der Waals surface area (Å²) >= 11 is 2.72. The molecule has 31 heavy (non-hydrogen) atoms. The van der Waals surface area contributed by atoms with Crippen molar-refractivity contribution in [3.05, 3.63) is 84.9 Å². The summed E-state index contributed by atoms with van der Waals surface area (Å²) in [5, 5.41) is 3.91. The van der Waals surface area contributed by atoms with Crippen molar-refractivity contribution in [1.82, 2.24) is 9.97 Å². The molecule has 0 aliphatic heterocycles. The molecule has 0 radical (unpaired) electrons. The average molecular weight is 444 g/mol. The molecule has 2 heterocycles. The Labute approximate surface area is 187 Å². The van der Waals surface area contributed by atoms with E-state index in [1.807, 2.05) is 84.9 Å². The second-order valence-electron chi connectivity index (χ2n) is 6.71. The summed E-state index contributed by atoms with van der Waals surface area (Å²) in [4.78, 5) is 21.6. The van der Waals surface area contributed by atoms with E-state index in [9.17, 15) is 4.79 Å². The minimum absolute atomic E-state index is 0.148. The summed E-state index contributed by atoms with van der Waals surface area (Å²) in [6.45, 7) is 0. The average Bonchev–Trinajstić information content (AvgIpc) is 3.42. The molecule has 0 unspecified atom stereocenters. The zero-order valence-electron chi connectivity index (χ0n) is 16.3. The van der Waals surface area contributed by atoms with Crippen molar-refractivity contribution in [2.45, 2.75) is 5.22 Å². The highest BCUT2D eigenvalue weighted by Crippen LogP contribution is 2.35. The van der Waals surface area contributed by atoms with Gasteiger partial charge in [0.2, 0.25) is 5.91 Å². The summed E-state index contributed by atoms with van der Waals surface area (Å²) in [5.74, 6) is 0.726. The maximum absolute atomic E-state index is 12.5. The van der Waals surface area contributed by atoms with Crippen LogP contribution >= 0.6 is 23.1 Å². The van der Waals surface area contributed by atoms with E-state index in [4.69, 9.17) is 4.42 Å². The first-order chi connectivity index (χ1) is 15.3. The predicted molar refractivity (Wildman–Crippen MR) is 126 cm³/mol. The number of fused-ring (bicyclic) bond motifs is 1. The van der Waals surface area contributed by atoms with E-state index in [0.29, 0.717) is 16.1 Å². The number of aromatic nitrogens is 2. The highest BCUT2D eigenvalue weighted by Gasteiger charge is 2.18. The smallest absolute Gasteiger partial charge is 0.257 e. The lowest BCUT2D eigenvalue weighted by atomic mass is 10.1. The number of thiazole rings is 1. The van der Waals surface area contributed by atoms with Crippen LogP contribution in [0.3, 0.4) is 0 Å². The van der Waals surface area contributed by atoms with Gasteiger partial charge in [0, 0.05) is 11.1 Å². The Kier molecular flexibility index (Phi) is 5.52. The first-order valence-corrected chi connectivity index (χ1v) is 11.5. The number of rotatable bonds is 6. The van der Waals surface area contributed by atoms with Crippen LogP contribution in [-0.2, 0) is 4.79 Å². The number of hydrogen-bond acceptors (Lipinski definition) is 6. The molecule has 1 N–H and O–H groups in total. The fourth-order valence-electron chi connectivity index (χ4n) is 3.15. The van der Waals surface area contributed by atoms with Gasteiger partial charge < -0.3 is 9.73 Å². The van der Waals surface area contributed by atoms with E-state index >= 15 is 0 Å². The van der Waals surface area contributed by atoms with E-state index in [2.05, 4.69) is 15.3 Å². The van der Waals surface area contributed by atoms with Crippen LogP contribution in [0.5, 0.6) is 0 Å². The first-order valence-electron chi connectivity index (χ1n) is 9.66. The number of hydrogen-bond donors (Lipinski definition) is 1. The molecule has 3 aromatic carbocycles. The third-order valence-corrected chi connectivity index (χ3v) is 6.34. The van der Waals surface area contributed by atoms with Gasteiger partial charge in [0.1, 0.15) is 5.69 Å². The topological polar surface area (TPSA) is 68.0 Å². The van der Waals surface area contributed by atoms with Gasteiger partial charge in [-0.25, -0.2) is 9.97 Å². The molecule has 5 aromatic rings. The Morgan fingerprint density at radius 2 is 1.55 bits per heavy atom. The van der Waals surface area contributed by atoms with Crippen LogP contribution in [0.4, 0.5) is 5.13 Å². The van der Waals surface area contributed by atoms with Gasteiger partial charge in [-0.15, -0.1) is 0 Å². The number of nitrogens with zero attached hydrogens (tertiary/aromatic N) is 2. The number of para-hydroxylation sites is 1. The minimum Gasteiger partial charge on any atom is -0.431 e. The molecule has 0 fully saturated rings. The Hall–Kier alpha value is -3.42. The lowest BCUT2D eigenvalue weighted by Crippen LogP contribution is -2.13. The van der Waals surface area contributed by atoms with Crippen molar-refractivity contribution in [3.8, 4) is 22.6 Å². The molecule has 0 saturated carbocycles. The Morgan fingerprint density at radius 3 is 2.29 bits per heavy atom. The fourth-order valence-corrected chi connectivity index (χ4v) is 4.65. The molecule has 5 nitrogen and oxygen atoms in total. The van der Waals surface area contributed by atoms with Gasteiger partial charge in [0.15, 0.2) is 10.9 Å². The minimum atomic E-state index is -0.148. The molecule has 0 atom stereocenters. The summed E-state index contributed by atoms with van der Waals surface area (Å²) in [7, 11) is 0. The summed E-state index contributed by atoms with van der Waals surface area (Å²) in [6, 6.07) is 27.6. The molecule has 0 aliphatic rings.